The van der Waals surface area contributed by atoms with Gasteiger partial charge in [0.2, 0.25) is 5.91 Å². The lowest BCUT2D eigenvalue weighted by Gasteiger charge is -2.38. The molecule has 1 aliphatic rings. The fourth-order valence-electron chi connectivity index (χ4n) is 2.55. The third kappa shape index (κ3) is 3.59. The molecule has 2 N–H and O–H groups in total. The molecule has 4 heteroatoms. The average Bonchev–Trinajstić information content (AvgIpc) is 2.41. The monoisotopic (exact) mass is 275 g/mol. The summed E-state index contributed by atoms with van der Waals surface area (Å²) in [5.74, 6) is -0.943. The van der Waals surface area contributed by atoms with Crippen LogP contribution in [0.3, 0.4) is 0 Å². The maximum absolute atomic E-state index is 11.8. The molecule has 1 amide bonds. The van der Waals surface area contributed by atoms with Crippen LogP contribution in [0, 0.1) is 5.41 Å². The fourth-order valence-corrected chi connectivity index (χ4v) is 2.55. The van der Waals surface area contributed by atoms with Crippen LogP contribution in [0.25, 0.3) is 0 Å². The SMILES string of the molecule is CC1(CNC(=O)CCc2ccccc2C(=O)O)CCC1. The summed E-state index contributed by atoms with van der Waals surface area (Å²) in [5, 5.41) is 12.0. The molecule has 1 aliphatic carbocycles. The second-order valence-corrected chi connectivity index (χ2v) is 5.90. The van der Waals surface area contributed by atoms with Crippen LogP contribution in [0.2, 0.25) is 0 Å². The number of carboxylic acid groups (broad SMARTS) is 1. The highest BCUT2D eigenvalue weighted by molar-refractivity contribution is 5.89. The van der Waals surface area contributed by atoms with Crippen LogP contribution in [-0.4, -0.2) is 23.5 Å². The van der Waals surface area contributed by atoms with E-state index in [1.54, 1.807) is 24.3 Å². The number of aromatic carboxylic acids is 1. The number of aryl methyl sites for hydroxylation is 1. The van der Waals surface area contributed by atoms with Gasteiger partial charge in [-0.2, -0.15) is 0 Å². The van der Waals surface area contributed by atoms with Gasteiger partial charge in [0.05, 0.1) is 5.56 Å². The van der Waals surface area contributed by atoms with Gasteiger partial charge in [0, 0.05) is 13.0 Å². The van der Waals surface area contributed by atoms with Crippen molar-refractivity contribution in [3.8, 4) is 0 Å². The van der Waals surface area contributed by atoms with Crippen LogP contribution in [-0.2, 0) is 11.2 Å². The highest BCUT2D eigenvalue weighted by atomic mass is 16.4. The Morgan fingerprint density at radius 2 is 2.00 bits per heavy atom. The normalized spacial score (nSPS) is 16.2. The Hall–Kier alpha value is -1.84. The Morgan fingerprint density at radius 1 is 1.30 bits per heavy atom. The van der Waals surface area contributed by atoms with Gasteiger partial charge in [-0.25, -0.2) is 4.79 Å². The standard InChI is InChI=1S/C16H21NO3/c1-16(9-4-10-16)11-17-14(18)8-7-12-5-2-3-6-13(12)15(19)20/h2-3,5-6H,4,7-11H2,1H3,(H,17,18)(H,19,20). The van der Waals surface area contributed by atoms with E-state index in [1.807, 2.05) is 0 Å². The van der Waals surface area contributed by atoms with Crippen LogP contribution in [0.15, 0.2) is 24.3 Å². The molecule has 1 fully saturated rings. The third-order valence-corrected chi connectivity index (χ3v) is 4.14. The third-order valence-electron chi connectivity index (χ3n) is 4.14. The van der Waals surface area contributed by atoms with Crippen LogP contribution >= 0.6 is 0 Å². The molecule has 108 valence electrons. The minimum atomic E-state index is -0.942. The van der Waals surface area contributed by atoms with E-state index in [9.17, 15) is 9.59 Å². The van der Waals surface area contributed by atoms with Crippen molar-refractivity contribution in [1.29, 1.82) is 0 Å². The van der Waals surface area contributed by atoms with E-state index in [-0.39, 0.29) is 16.9 Å². The molecule has 4 nitrogen and oxygen atoms in total. The molecular formula is C16H21NO3. The molecule has 1 aromatic rings. The first-order chi connectivity index (χ1) is 9.50. The zero-order valence-electron chi connectivity index (χ0n) is 11.8. The van der Waals surface area contributed by atoms with Crippen molar-refractivity contribution in [1.82, 2.24) is 5.32 Å². The number of nitrogens with one attached hydrogen (secondary N) is 1. The van der Waals surface area contributed by atoms with E-state index in [2.05, 4.69) is 12.2 Å². The lowest BCUT2D eigenvalue weighted by Crippen LogP contribution is -2.40. The van der Waals surface area contributed by atoms with Crippen LogP contribution < -0.4 is 5.32 Å². The summed E-state index contributed by atoms with van der Waals surface area (Å²) in [4.78, 5) is 22.9. The van der Waals surface area contributed by atoms with Crippen molar-refractivity contribution in [3.63, 3.8) is 0 Å². The Kier molecular flexibility index (Phi) is 4.42. The van der Waals surface area contributed by atoms with Gasteiger partial charge >= 0.3 is 5.97 Å². The predicted molar refractivity (Wildman–Crippen MR) is 76.7 cm³/mol. The molecule has 0 aliphatic heterocycles. The molecule has 1 saturated carbocycles. The summed E-state index contributed by atoms with van der Waals surface area (Å²) in [7, 11) is 0. The van der Waals surface area contributed by atoms with Crippen molar-refractivity contribution in [2.24, 2.45) is 5.41 Å². The lowest BCUT2D eigenvalue weighted by molar-refractivity contribution is -0.121. The zero-order chi connectivity index (χ0) is 14.6. The maximum atomic E-state index is 11.8. The van der Waals surface area contributed by atoms with Crippen molar-refractivity contribution in [3.05, 3.63) is 35.4 Å². The Bertz CT molecular complexity index is 506. The van der Waals surface area contributed by atoms with Gasteiger partial charge < -0.3 is 10.4 Å². The summed E-state index contributed by atoms with van der Waals surface area (Å²) < 4.78 is 0. The van der Waals surface area contributed by atoms with Gasteiger partial charge in [0.15, 0.2) is 0 Å². The molecule has 1 aromatic carbocycles. The number of rotatable bonds is 6. The highest BCUT2D eigenvalue weighted by Gasteiger charge is 2.31. The largest absolute Gasteiger partial charge is 0.478 e. The molecule has 0 bridgehead atoms. The summed E-state index contributed by atoms with van der Waals surface area (Å²) in [5.41, 5.74) is 1.27. The number of benzene rings is 1. The summed E-state index contributed by atoms with van der Waals surface area (Å²) in [6, 6.07) is 6.84. The van der Waals surface area contributed by atoms with Crippen molar-refractivity contribution in [2.45, 2.75) is 39.0 Å². The molecule has 0 unspecified atom stereocenters. The molecule has 0 atom stereocenters. The molecule has 2 rings (SSSR count). The van der Waals surface area contributed by atoms with E-state index < -0.39 is 5.97 Å². The topological polar surface area (TPSA) is 66.4 Å². The van der Waals surface area contributed by atoms with Gasteiger partial charge in [-0.05, 0) is 36.3 Å². The number of amides is 1. The number of hydrogen-bond acceptors (Lipinski definition) is 2. The van der Waals surface area contributed by atoms with Gasteiger partial charge in [-0.15, -0.1) is 0 Å². The van der Waals surface area contributed by atoms with Crippen molar-refractivity contribution >= 4 is 11.9 Å². The molecule has 0 spiro atoms. The van der Waals surface area contributed by atoms with Crippen LogP contribution in [0.5, 0.6) is 0 Å². The molecule has 0 heterocycles. The second-order valence-electron chi connectivity index (χ2n) is 5.90. The summed E-state index contributed by atoms with van der Waals surface area (Å²) >= 11 is 0. The van der Waals surface area contributed by atoms with E-state index in [4.69, 9.17) is 5.11 Å². The van der Waals surface area contributed by atoms with E-state index in [0.717, 1.165) is 6.54 Å². The quantitative estimate of drug-likeness (QED) is 0.838. The Balaban J connectivity index is 1.82. The van der Waals surface area contributed by atoms with E-state index in [0.29, 0.717) is 18.4 Å². The number of carbonyl (C=O) groups is 2. The van der Waals surface area contributed by atoms with Gasteiger partial charge in [-0.3, -0.25) is 4.79 Å². The van der Waals surface area contributed by atoms with Gasteiger partial charge in [0.25, 0.3) is 0 Å². The first kappa shape index (κ1) is 14.6. The van der Waals surface area contributed by atoms with Gasteiger partial charge in [-0.1, -0.05) is 31.5 Å². The smallest absolute Gasteiger partial charge is 0.335 e. The second kappa shape index (κ2) is 6.07. The molecule has 20 heavy (non-hydrogen) atoms. The number of hydrogen-bond donors (Lipinski definition) is 2. The maximum Gasteiger partial charge on any atom is 0.335 e. The molecule has 0 radical (unpaired) electrons. The Morgan fingerprint density at radius 3 is 2.60 bits per heavy atom. The molecule has 0 saturated heterocycles. The van der Waals surface area contributed by atoms with E-state index in [1.165, 1.54) is 19.3 Å². The van der Waals surface area contributed by atoms with Gasteiger partial charge in [0.1, 0.15) is 0 Å². The summed E-state index contributed by atoms with van der Waals surface area (Å²) in [6.07, 6.45) is 4.40. The minimum absolute atomic E-state index is 0.00156. The zero-order valence-corrected chi connectivity index (χ0v) is 11.8. The minimum Gasteiger partial charge on any atom is -0.478 e. The molecule has 0 aromatic heterocycles. The van der Waals surface area contributed by atoms with Crippen LogP contribution in [0.4, 0.5) is 0 Å². The molecular weight excluding hydrogens is 254 g/mol. The first-order valence-electron chi connectivity index (χ1n) is 7.08. The fraction of sp³-hybridized carbons (Fsp3) is 0.500. The van der Waals surface area contributed by atoms with E-state index >= 15 is 0 Å². The predicted octanol–water partition coefficient (Wildman–Crippen LogP) is 2.62. The van der Waals surface area contributed by atoms with Crippen molar-refractivity contribution < 1.29 is 14.7 Å². The summed E-state index contributed by atoms with van der Waals surface area (Å²) in [6.45, 7) is 2.92. The van der Waals surface area contributed by atoms with Crippen molar-refractivity contribution in [2.75, 3.05) is 6.54 Å². The Labute approximate surface area is 119 Å². The highest BCUT2D eigenvalue weighted by Crippen LogP contribution is 2.39. The van der Waals surface area contributed by atoms with Crippen LogP contribution in [0.1, 0.15) is 48.5 Å². The lowest BCUT2D eigenvalue weighted by atomic mass is 9.70. The average molecular weight is 275 g/mol. The number of carboxylic acids is 1. The first-order valence-corrected chi connectivity index (χ1v) is 7.08. The number of carbonyl (C=O) groups excluding carboxylic acids is 1.